The van der Waals surface area contributed by atoms with E-state index in [-0.39, 0.29) is 29.8 Å². The number of ether oxygens (including phenoxy) is 3. The van der Waals surface area contributed by atoms with Gasteiger partial charge in [-0.1, -0.05) is 18.2 Å². The molecule has 1 heterocycles. The van der Waals surface area contributed by atoms with E-state index in [4.69, 9.17) is 14.2 Å². The number of methoxy groups -OCH3 is 3. The number of nitrogens with one attached hydrogen (secondary N) is 1. The van der Waals surface area contributed by atoms with Crippen molar-refractivity contribution in [3.05, 3.63) is 53.3 Å². The highest BCUT2D eigenvalue weighted by molar-refractivity contribution is 14.0. The van der Waals surface area contributed by atoms with E-state index in [0.29, 0.717) is 35.8 Å². The van der Waals surface area contributed by atoms with E-state index in [0.717, 1.165) is 44.2 Å². The predicted octanol–water partition coefficient (Wildman–Crippen LogP) is 3.41. The molecule has 33 heavy (non-hydrogen) atoms. The second kappa shape index (κ2) is 13.4. The highest BCUT2D eigenvalue weighted by atomic mass is 127. The van der Waals surface area contributed by atoms with Crippen LogP contribution in [0.25, 0.3) is 0 Å². The van der Waals surface area contributed by atoms with E-state index >= 15 is 0 Å². The lowest BCUT2D eigenvalue weighted by atomic mass is 10.1. The molecule has 3 rings (SSSR count). The summed E-state index contributed by atoms with van der Waals surface area (Å²) in [4.78, 5) is 9.05. The lowest BCUT2D eigenvalue weighted by Gasteiger charge is -2.36. The second-order valence-corrected chi connectivity index (χ2v) is 7.61. The average molecular weight is 572 g/mol. The molecule has 1 fully saturated rings. The first-order valence-corrected chi connectivity index (χ1v) is 10.8. The molecule has 0 unspecified atom stereocenters. The molecule has 1 aliphatic rings. The van der Waals surface area contributed by atoms with Gasteiger partial charge in [0, 0.05) is 46.3 Å². The van der Waals surface area contributed by atoms with Gasteiger partial charge in [-0.3, -0.25) is 9.89 Å². The Bertz CT molecular complexity index is 895. The van der Waals surface area contributed by atoms with Crippen LogP contribution in [0.3, 0.4) is 0 Å². The molecule has 0 aromatic heterocycles. The fourth-order valence-electron chi connectivity index (χ4n) is 3.95. The second-order valence-electron chi connectivity index (χ2n) is 7.61. The van der Waals surface area contributed by atoms with Crippen molar-refractivity contribution < 1.29 is 18.6 Å². The van der Waals surface area contributed by atoms with Crippen molar-refractivity contribution in [3.63, 3.8) is 0 Å². The summed E-state index contributed by atoms with van der Waals surface area (Å²) in [6.45, 7) is 4.98. The van der Waals surface area contributed by atoms with Crippen molar-refractivity contribution in [3.8, 4) is 17.2 Å². The molecular formula is C24H34FIN4O3. The van der Waals surface area contributed by atoms with Crippen molar-refractivity contribution in [2.24, 2.45) is 4.99 Å². The quantitative estimate of drug-likeness (QED) is 0.298. The van der Waals surface area contributed by atoms with Crippen LogP contribution in [0.4, 0.5) is 4.39 Å². The smallest absolute Gasteiger partial charge is 0.203 e. The lowest BCUT2D eigenvalue weighted by molar-refractivity contribution is 0.172. The standard InChI is InChI=1S/C24H33FN4O3.HI/c1-26-24(27-10-9-19-7-5-6-8-20(19)25)29-13-11-28(12-14-29)17-18-15-21(30-2)23(32-4)22(16-18)31-3;/h5-8,15-16H,9-14,17H2,1-4H3,(H,26,27);1H. The molecule has 0 radical (unpaired) electrons. The molecule has 1 N–H and O–H groups in total. The Morgan fingerprint density at radius 3 is 2.18 bits per heavy atom. The van der Waals surface area contributed by atoms with Crippen molar-refractivity contribution >= 4 is 29.9 Å². The van der Waals surface area contributed by atoms with Crippen LogP contribution in [-0.4, -0.2) is 76.9 Å². The molecule has 1 aliphatic heterocycles. The molecule has 0 bridgehead atoms. The molecule has 0 aliphatic carbocycles. The van der Waals surface area contributed by atoms with E-state index in [9.17, 15) is 4.39 Å². The molecule has 9 heteroatoms. The van der Waals surface area contributed by atoms with E-state index in [1.807, 2.05) is 24.3 Å². The molecule has 0 spiro atoms. The number of nitrogens with zero attached hydrogens (tertiary/aromatic N) is 3. The monoisotopic (exact) mass is 572 g/mol. The van der Waals surface area contributed by atoms with Gasteiger partial charge in [0.2, 0.25) is 5.75 Å². The Labute approximate surface area is 212 Å². The zero-order chi connectivity index (χ0) is 22.9. The summed E-state index contributed by atoms with van der Waals surface area (Å²) in [7, 11) is 6.65. The Kier molecular flexibility index (Phi) is 11.0. The van der Waals surface area contributed by atoms with Gasteiger partial charge < -0.3 is 24.4 Å². The molecule has 0 amide bonds. The minimum atomic E-state index is -0.162. The SMILES string of the molecule is CN=C(NCCc1ccccc1F)N1CCN(Cc2cc(OC)c(OC)c(OC)c2)CC1.I. The highest BCUT2D eigenvalue weighted by Gasteiger charge is 2.21. The van der Waals surface area contributed by atoms with E-state index in [1.165, 1.54) is 6.07 Å². The number of benzene rings is 2. The number of rotatable bonds is 8. The highest BCUT2D eigenvalue weighted by Crippen LogP contribution is 2.38. The number of halogens is 2. The Morgan fingerprint density at radius 2 is 1.64 bits per heavy atom. The van der Waals surface area contributed by atoms with Crippen LogP contribution in [0.2, 0.25) is 0 Å². The van der Waals surface area contributed by atoms with Gasteiger partial charge in [-0.15, -0.1) is 24.0 Å². The third kappa shape index (κ3) is 7.10. The van der Waals surface area contributed by atoms with Gasteiger partial charge in [0.1, 0.15) is 5.82 Å². The van der Waals surface area contributed by atoms with Gasteiger partial charge in [0.25, 0.3) is 0 Å². The van der Waals surface area contributed by atoms with Gasteiger partial charge in [-0.2, -0.15) is 0 Å². The minimum absolute atomic E-state index is 0. The number of piperazine rings is 1. The first kappa shape index (κ1) is 27.0. The Hall–Kier alpha value is -2.27. The average Bonchev–Trinajstić information content (AvgIpc) is 2.83. The fourth-order valence-corrected chi connectivity index (χ4v) is 3.95. The predicted molar refractivity (Wildman–Crippen MR) is 140 cm³/mol. The summed E-state index contributed by atoms with van der Waals surface area (Å²) in [6.07, 6.45) is 0.618. The maximum absolute atomic E-state index is 13.8. The van der Waals surface area contributed by atoms with Crippen LogP contribution in [0.5, 0.6) is 17.2 Å². The van der Waals surface area contributed by atoms with Crippen LogP contribution < -0.4 is 19.5 Å². The number of aliphatic imine (C=N–C) groups is 1. The van der Waals surface area contributed by atoms with Crippen molar-refractivity contribution in [1.82, 2.24) is 15.1 Å². The van der Waals surface area contributed by atoms with E-state index in [1.54, 1.807) is 34.4 Å². The van der Waals surface area contributed by atoms with Crippen molar-refractivity contribution in [2.75, 3.05) is 61.1 Å². The number of guanidine groups is 1. The minimum Gasteiger partial charge on any atom is -0.493 e. The molecule has 0 atom stereocenters. The number of hydrogen-bond acceptors (Lipinski definition) is 5. The normalized spacial score (nSPS) is 14.5. The van der Waals surface area contributed by atoms with Gasteiger partial charge in [-0.05, 0) is 35.7 Å². The first-order valence-electron chi connectivity index (χ1n) is 10.8. The largest absolute Gasteiger partial charge is 0.493 e. The van der Waals surface area contributed by atoms with Crippen LogP contribution in [0.15, 0.2) is 41.4 Å². The van der Waals surface area contributed by atoms with Gasteiger partial charge >= 0.3 is 0 Å². The van der Waals surface area contributed by atoms with E-state index in [2.05, 4.69) is 20.1 Å². The molecule has 1 saturated heterocycles. The van der Waals surface area contributed by atoms with Gasteiger partial charge in [-0.25, -0.2) is 4.39 Å². The Morgan fingerprint density at radius 1 is 1.00 bits per heavy atom. The number of hydrogen-bond donors (Lipinski definition) is 1. The maximum Gasteiger partial charge on any atom is 0.203 e. The van der Waals surface area contributed by atoms with Crippen LogP contribution >= 0.6 is 24.0 Å². The zero-order valence-electron chi connectivity index (χ0n) is 19.8. The summed E-state index contributed by atoms with van der Waals surface area (Å²) in [6, 6.07) is 10.9. The zero-order valence-corrected chi connectivity index (χ0v) is 22.1. The van der Waals surface area contributed by atoms with E-state index < -0.39 is 0 Å². The molecular weight excluding hydrogens is 538 g/mol. The topological polar surface area (TPSA) is 58.6 Å². The molecule has 7 nitrogen and oxygen atoms in total. The van der Waals surface area contributed by atoms with Crippen LogP contribution in [-0.2, 0) is 13.0 Å². The third-order valence-corrected chi connectivity index (χ3v) is 5.65. The first-order chi connectivity index (χ1) is 15.6. The molecule has 2 aromatic rings. The summed E-state index contributed by atoms with van der Waals surface area (Å²) >= 11 is 0. The lowest BCUT2D eigenvalue weighted by Crippen LogP contribution is -2.52. The Balaban J connectivity index is 0.00000385. The van der Waals surface area contributed by atoms with Gasteiger partial charge in [0.15, 0.2) is 17.5 Å². The summed E-state index contributed by atoms with van der Waals surface area (Å²) in [5, 5.41) is 3.37. The summed E-state index contributed by atoms with van der Waals surface area (Å²) < 4.78 is 30.2. The van der Waals surface area contributed by atoms with Gasteiger partial charge in [0.05, 0.1) is 21.3 Å². The van der Waals surface area contributed by atoms with Crippen LogP contribution in [0, 0.1) is 5.82 Å². The van der Waals surface area contributed by atoms with Crippen molar-refractivity contribution in [1.29, 1.82) is 0 Å². The third-order valence-electron chi connectivity index (χ3n) is 5.65. The molecule has 2 aromatic carbocycles. The van der Waals surface area contributed by atoms with Crippen LogP contribution in [0.1, 0.15) is 11.1 Å². The van der Waals surface area contributed by atoms with Crippen molar-refractivity contribution in [2.45, 2.75) is 13.0 Å². The molecule has 0 saturated carbocycles. The molecule has 182 valence electrons. The fraction of sp³-hybridized carbons (Fsp3) is 0.458. The summed E-state index contributed by atoms with van der Waals surface area (Å²) in [5.74, 6) is 2.63. The maximum atomic E-state index is 13.8. The summed E-state index contributed by atoms with van der Waals surface area (Å²) in [5.41, 5.74) is 1.82.